The van der Waals surface area contributed by atoms with Crippen molar-refractivity contribution in [1.82, 2.24) is 0 Å². The Morgan fingerprint density at radius 1 is 0.893 bits per heavy atom. The van der Waals surface area contributed by atoms with Crippen LogP contribution in [0.1, 0.15) is 30.9 Å². The molecule has 0 amide bonds. The van der Waals surface area contributed by atoms with Gasteiger partial charge in [0.05, 0.1) is 5.56 Å². The van der Waals surface area contributed by atoms with Gasteiger partial charge in [0.1, 0.15) is 18.2 Å². The summed E-state index contributed by atoms with van der Waals surface area (Å²) in [5.41, 5.74) is 6.87. The number of aryl methyl sites for hydroxylation is 2. The molecular weight excluding hydrogens is 342 g/mol. The number of pyridine rings is 1. The van der Waals surface area contributed by atoms with Crippen LogP contribution in [-0.4, -0.2) is 0 Å². The zero-order valence-electron chi connectivity index (χ0n) is 16.8. The molecule has 138 valence electrons. The average molecular weight is 366 g/mol. The van der Waals surface area contributed by atoms with Crippen LogP contribution in [0.25, 0.3) is 44.0 Å². The number of nitrogens with zero attached hydrogens (tertiary/aromatic N) is 1. The van der Waals surface area contributed by atoms with Crippen molar-refractivity contribution in [2.75, 3.05) is 0 Å². The van der Waals surface area contributed by atoms with Crippen LogP contribution in [-0.2, 0) is 7.05 Å². The number of furan rings is 1. The van der Waals surface area contributed by atoms with E-state index in [1.807, 2.05) is 0 Å². The van der Waals surface area contributed by atoms with Gasteiger partial charge in [0.15, 0.2) is 6.20 Å². The fraction of sp³-hybridized carbons (Fsp3) is 0.192. The molecule has 0 bridgehead atoms. The van der Waals surface area contributed by atoms with Crippen LogP contribution in [0, 0.1) is 6.92 Å². The second-order valence-corrected chi connectivity index (χ2v) is 8.01. The average Bonchev–Trinajstić information content (AvgIpc) is 3.07. The van der Waals surface area contributed by atoms with Gasteiger partial charge in [-0.2, -0.15) is 0 Å². The first-order valence-electron chi connectivity index (χ1n) is 9.88. The Balaban J connectivity index is 1.92. The fourth-order valence-corrected chi connectivity index (χ4v) is 4.22. The lowest BCUT2D eigenvalue weighted by atomic mass is 9.96. The Bertz CT molecular complexity index is 1360. The molecule has 0 aliphatic rings. The van der Waals surface area contributed by atoms with Crippen LogP contribution in [0.3, 0.4) is 0 Å². The highest BCUT2D eigenvalue weighted by Crippen LogP contribution is 2.40. The first kappa shape index (κ1) is 17.0. The standard InChI is InChI=1S/C26H24NO/c1-16(2)19-13-14-27(4)22(15-19)24-17(3)9-11-21-25-20-8-6-5-7-18(20)10-12-23(25)28-26(21)24/h5-16H,1-4H3/q+1. The second kappa shape index (κ2) is 6.20. The molecule has 5 rings (SSSR count). The predicted molar refractivity (Wildman–Crippen MR) is 117 cm³/mol. The van der Waals surface area contributed by atoms with Crippen LogP contribution in [0.4, 0.5) is 0 Å². The maximum absolute atomic E-state index is 6.47. The Morgan fingerprint density at radius 2 is 1.71 bits per heavy atom. The fourth-order valence-electron chi connectivity index (χ4n) is 4.22. The van der Waals surface area contributed by atoms with E-state index < -0.39 is 0 Å². The summed E-state index contributed by atoms with van der Waals surface area (Å²) >= 11 is 0. The maximum atomic E-state index is 6.47. The molecule has 0 unspecified atom stereocenters. The van der Waals surface area contributed by atoms with Crippen molar-refractivity contribution in [2.24, 2.45) is 7.05 Å². The molecule has 0 atom stereocenters. The number of hydrogen-bond donors (Lipinski definition) is 0. The monoisotopic (exact) mass is 366 g/mol. The summed E-state index contributed by atoms with van der Waals surface area (Å²) in [6.07, 6.45) is 2.15. The minimum Gasteiger partial charge on any atom is -0.455 e. The molecule has 5 aromatic rings. The van der Waals surface area contributed by atoms with E-state index >= 15 is 0 Å². The van der Waals surface area contributed by atoms with Crippen LogP contribution in [0.15, 0.2) is 71.3 Å². The summed E-state index contributed by atoms with van der Waals surface area (Å²) < 4.78 is 8.66. The van der Waals surface area contributed by atoms with E-state index in [-0.39, 0.29) is 0 Å². The molecule has 2 heterocycles. The van der Waals surface area contributed by atoms with Gasteiger partial charge in [-0.3, -0.25) is 0 Å². The van der Waals surface area contributed by atoms with Gasteiger partial charge in [0.2, 0.25) is 5.69 Å². The summed E-state index contributed by atoms with van der Waals surface area (Å²) in [6.45, 7) is 6.64. The van der Waals surface area contributed by atoms with Crippen molar-refractivity contribution in [2.45, 2.75) is 26.7 Å². The molecule has 0 radical (unpaired) electrons. The molecule has 0 spiro atoms. The molecule has 2 aromatic heterocycles. The van der Waals surface area contributed by atoms with Gasteiger partial charge in [0, 0.05) is 22.9 Å². The Labute approximate surface area is 165 Å². The summed E-state index contributed by atoms with van der Waals surface area (Å²) in [5, 5.41) is 4.88. The number of fused-ring (bicyclic) bond motifs is 5. The van der Waals surface area contributed by atoms with Gasteiger partial charge in [0.25, 0.3) is 0 Å². The maximum Gasteiger partial charge on any atom is 0.216 e. The number of benzene rings is 3. The Hall–Kier alpha value is -3.13. The van der Waals surface area contributed by atoms with Crippen LogP contribution >= 0.6 is 0 Å². The zero-order valence-corrected chi connectivity index (χ0v) is 16.8. The van der Waals surface area contributed by atoms with Crippen molar-refractivity contribution >= 4 is 32.7 Å². The molecule has 0 saturated heterocycles. The highest BCUT2D eigenvalue weighted by molar-refractivity contribution is 6.20. The lowest BCUT2D eigenvalue weighted by Crippen LogP contribution is -2.31. The minimum absolute atomic E-state index is 0.485. The third-order valence-corrected chi connectivity index (χ3v) is 5.83. The molecule has 0 aliphatic heterocycles. The number of rotatable bonds is 2. The third-order valence-electron chi connectivity index (χ3n) is 5.83. The van der Waals surface area contributed by atoms with E-state index in [1.54, 1.807) is 0 Å². The topological polar surface area (TPSA) is 17.0 Å². The Morgan fingerprint density at radius 3 is 2.54 bits per heavy atom. The highest BCUT2D eigenvalue weighted by Gasteiger charge is 2.22. The van der Waals surface area contributed by atoms with E-state index in [4.69, 9.17) is 4.42 Å². The van der Waals surface area contributed by atoms with Gasteiger partial charge in [-0.05, 0) is 40.8 Å². The minimum atomic E-state index is 0.485. The molecule has 0 aliphatic carbocycles. The van der Waals surface area contributed by atoms with Crippen LogP contribution in [0.2, 0.25) is 0 Å². The summed E-state index contributed by atoms with van der Waals surface area (Å²) in [7, 11) is 2.11. The molecule has 28 heavy (non-hydrogen) atoms. The first-order valence-corrected chi connectivity index (χ1v) is 9.88. The van der Waals surface area contributed by atoms with Gasteiger partial charge >= 0.3 is 0 Å². The molecule has 0 N–H and O–H groups in total. The van der Waals surface area contributed by atoms with Gasteiger partial charge in [-0.1, -0.05) is 56.3 Å². The quantitative estimate of drug-likeness (QED) is 0.319. The van der Waals surface area contributed by atoms with Crippen molar-refractivity contribution in [1.29, 1.82) is 0 Å². The van der Waals surface area contributed by atoms with E-state index in [1.165, 1.54) is 43.9 Å². The van der Waals surface area contributed by atoms with Crippen molar-refractivity contribution in [3.8, 4) is 11.3 Å². The largest absolute Gasteiger partial charge is 0.455 e. The SMILES string of the molecule is Cc1ccc2c(oc3ccc4ccccc4c32)c1-c1cc(C(C)C)cc[n+]1C. The first-order chi connectivity index (χ1) is 13.5. The lowest BCUT2D eigenvalue weighted by Gasteiger charge is -2.09. The third kappa shape index (κ3) is 2.45. The van der Waals surface area contributed by atoms with Gasteiger partial charge < -0.3 is 4.42 Å². The molecule has 0 saturated carbocycles. The molecule has 2 heteroatoms. The molecule has 3 aromatic carbocycles. The van der Waals surface area contributed by atoms with Crippen molar-refractivity contribution < 1.29 is 8.98 Å². The second-order valence-electron chi connectivity index (χ2n) is 8.01. The Kier molecular flexibility index (Phi) is 3.77. The zero-order chi connectivity index (χ0) is 19.4. The lowest BCUT2D eigenvalue weighted by molar-refractivity contribution is -0.660. The van der Waals surface area contributed by atoms with Gasteiger partial charge in [-0.15, -0.1) is 0 Å². The smallest absolute Gasteiger partial charge is 0.216 e. The van der Waals surface area contributed by atoms with Crippen LogP contribution < -0.4 is 4.57 Å². The normalized spacial score (nSPS) is 11.9. The van der Waals surface area contributed by atoms with E-state index in [0.717, 1.165) is 11.2 Å². The number of aromatic nitrogens is 1. The molecular formula is C26H24NO+. The summed E-state index contributed by atoms with van der Waals surface area (Å²) in [4.78, 5) is 0. The van der Waals surface area contributed by atoms with Crippen molar-refractivity contribution in [3.05, 3.63) is 78.0 Å². The molecule has 2 nitrogen and oxygen atoms in total. The highest BCUT2D eigenvalue weighted by atomic mass is 16.3. The van der Waals surface area contributed by atoms with E-state index in [2.05, 4.69) is 99.2 Å². The number of hydrogen-bond acceptors (Lipinski definition) is 1. The molecule has 0 fully saturated rings. The van der Waals surface area contributed by atoms with E-state index in [0.29, 0.717) is 5.92 Å². The predicted octanol–water partition coefficient (Wildman–Crippen LogP) is 6.66. The van der Waals surface area contributed by atoms with Crippen molar-refractivity contribution in [3.63, 3.8) is 0 Å². The summed E-state index contributed by atoms with van der Waals surface area (Å²) in [6, 6.07) is 21.7. The van der Waals surface area contributed by atoms with Crippen LogP contribution in [0.5, 0.6) is 0 Å². The van der Waals surface area contributed by atoms with Gasteiger partial charge in [-0.25, -0.2) is 4.57 Å². The van der Waals surface area contributed by atoms with E-state index in [9.17, 15) is 0 Å². The summed E-state index contributed by atoms with van der Waals surface area (Å²) in [5.74, 6) is 0.485.